The van der Waals surface area contributed by atoms with E-state index in [1.165, 1.54) is 18.1 Å². The Labute approximate surface area is 160 Å². The number of esters is 1. The van der Waals surface area contributed by atoms with Crippen molar-refractivity contribution in [2.24, 2.45) is 0 Å². The van der Waals surface area contributed by atoms with Gasteiger partial charge in [-0.3, -0.25) is 9.89 Å². The van der Waals surface area contributed by atoms with Crippen LogP contribution in [0.5, 0.6) is 0 Å². The monoisotopic (exact) mass is 382 g/mol. The van der Waals surface area contributed by atoms with Crippen LogP contribution in [-0.4, -0.2) is 33.7 Å². The molecule has 0 aliphatic carbocycles. The first-order valence-corrected chi connectivity index (χ1v) is 9.20. The topological polar surface area (TPSA) is 97.0 Å². The molecule has 7 nitrogen and oxygen atoms in total. The van der Waals surface area contributed by atoms with E-state index in [0.717, 1.165) is 5.56 Å². The summed E-state index contributed by atoms with van der Waals surface area (Å²) >= 11 is 1.28. The number of carbonyl (C=O) groups excluding carboxylic acids is 2. The number of hydrogen-bond acceptors (Lipinski definition) is 6. The quantitative estimate of drug-likeness (QED) is 0.480. The number of rotatable bonds is 7. The lowest BCUT2D eigenvalue weighted by atomic mass is 10.1. The number of H-pyrrole nitrogens is 1. The van der Waals surface area contributed by atoms with E-state index in [0.29, 0.717) is 23.0 Å². The van der Waals surface area contributed by atoms with E-state index in [4.69, 9.17) is 4.74 Å². The maximum Gasteiger partial charge on any atom is 0.338 e. The lowest BCUT2D eigenvalue weighted by Crippen LogP contribution is -2.19. The van der Waals surface area contributed by atoms with Gasteiger partial charge in [0.15, 0.2) is 5.16 Å². The molecule has 0 aliphatic heterocycles. The average molecular weight is 382 g/mol. The number of thioether (sulfide) groups is 1. The van der Waals surface area contributed by atoms with Gasteiger partial charge in [-0.15, -0.1) is 0 Å². The van der Waals surface area contributed by atoms with E-state index in [2.05, 4.69) is 20.5 Å². The Kier molecular flexibility index (Phi) is 6.22. The minimum absolute atomic E-state index is 0.202. The molecule has 1 amide bonds. The van der Waals surface area contributed by atoms with Gasteiger partial charge < -0.3 is 10.1 Å². The highest BCUT2D eigenvalue weighted by molar-refractivity contribution is 8.00. The Balaban J connectivity index is 1.75. The van der Waals surface area contributed by atoms with Crippen LogP contribution in [0.15, 0.2) is 66.1 Å². The molecule has 0 unspecified atom stereocenters. The minimum atomic E-state index is -0.510. The largest absolute Gasteiger partial charge is 0.462 e. The molecule has 138 valence electrons. The first-order valence-electron chi connectivity index (χ1n) is 8.32. The number of aromatic amines is 1. The number of nitrogens with one attached hydrogen (secondary N) is 2. The molecule has 0 fully saturated rings. The van der Waals surface area contributed by atoms with Gasteiger partial charge in [0, 0.05) is 5.69 Å². The van der Waals surface area contributed by atoms with Gasteiger partial charge in [-0.25, -0.2) is 9.78 Å². The SMILES string of the molecule is CCOC(=O)c1ccc(NC(=O)[C@H](Sc2ncn[nH]2)c2ccccc2)cc1. The van der Waals surface area contributed by atoms with E-state index in [9.17, 15) is 9.59 Å². The number of hydrogen-bond donors (Lipinski definition) is 2. The van der Waals surface area contributed by atoms with E-state index in [1.807, 2.05) is 30.3 Å². The third kappa shape index (κ3) is 4.95. The van der Waals surface area contributed by atoms with Crippen molar-refractivity contribution in [1.82, 2.24) is 15.2 Å². The highest BCUT2D eigenvalue weighted by atomic mass is 32.2. The predicted octanol–water partition coefficient (Wildman–Crippen LogP) is 3.45. The summed E-state index contributed by atoms with van der Waals surface area (Å²) in [7, 11) is 0. The maximum absolute atomic E-state index is 12.9. The first-order chi connectivity index (χ1) is 13.2. The van der Waals surface area contributed by atoms with Crippen LogP contribution in [0, 0.1) is 0 Å². The molecule has 2 N–H and O–H groups in total. The highest BCUT2D eigenvalue weighted by Gasteiger charge is 2.23. The molecule has 0 saturated heterocycles. The zero-order valence-corrected chi connectivity index (χ0v) is 15.4. The standard InChI is InChI=1S/C19H18N4O3S/c1-2-26-18(25)14-8-10-15(11-9-14)22-17(24)16(13-6-4-3-5-7-13)27-19-20-12-21-23-19/h3-12,16H,2H2,1H3,(H,22,24)(H,20,21,23)/t16-/m1/s1. The van der Waals surface area contributed by atoms with Gasteiger partial charge in [-0.2, -0.15) is 5.10 Å². The molecule has 0 spiro atoms. The van der Waals surface area contributed by atoms with Crippen molar-refractivity contribution in [2.45, 2.75) is 17.3 Å². The summed E-state index contributed by atoms with van der Waals surface area (Å²) in [6, 6.07) is 16.0. The van der Waals surface area contributed by atoms with Crippen LogP contribution in [0.3, 0.4) is 0 Å². The number of amides is 1. The summed E-state index contributed by atoms with van der Waals surface area (Å²) in [6.07, 6.45) is 1.40. The molecule has 8 heteroatoms. The summed E-state index contributed by atoms with van der Waals surface area (Å²) in [5.41, 5.74) is 1.87. The summed E-state index contributed by atoms with van der Waals surface area (Å²) in [5, 5.41) is 9.50. The third-order valence-corrected chi connectivity index (χ3v) is 4.77. The fraction of sp³-hybridized carbons (Fsp3) is 0.158. The van der Waals surface area contributed by atoms with Gasteiger partial charge in [0.2, 0.25) is 5.91 Å². The second-order valence-electron chi connectivity index (χ2n) is 5.49. The zero-order valence-electron chi connectivity index (χ0n) is 14.6. The molecule has 3 rings (SSSR count). The van der Waals surface area contributed by atoms with Gasteiger partial charge in [0.05, 0.1) is 12.2 Å². The molecular formula is C19H18N4O3S. The molecule has 1 atom stereocenters. The molecule has 1 aromatic heterocycles. The van der Waals surface area contributed by atoms with Crippen LogP contribution in [0.25, 0.3) is 0 Å². The molecule has 0 aliphatic rings. The molecule has 0 radical (unpaired) electrons. The van der Waals surface area contributed by atoms with Crippen LogP contribution in [0.1, 0.15) is 28.1 Å². The maximum atomic E-state index is 12.9. The highest BCUT2D eigenvalue weighted by Crippen LogP contribution is 2.34. The number of carbonyl (C=O) groups is 2. The molecule has 1 heterocycles. The normalized spacial score (nSPS) is 11.6. The Bertz CT molecular complexity index is 883. The van der Waals surface area contributed by atoms with Crippen molar-refractivity contribution < 1.29 is 14.3 Å². The van der Waals surface area contributed by atoms with Gasteiger partial charge in [0.25, 0.3) is 0 Å². The van der Waals surface area contributed by atoms with Crippen molar-refractivity contribution in [3.05, 3.63) is 72.1 Å². The average Bonchev–Trinajstić information content (AvgIpc) is 3.21. The van der Waals surface area contributed by atoms with Crippen molar-refractivity contribution in [3.63, 3.8) is 0 Å². The first kappa shape index (κ1) is 18.7. The number of ether oxygens (including phenoxy) is 1. The van der Waals surface area contributed by atoms with E-state index in [-0.39, 0.29) is 5.91 Å². The Morgan fingerprint density at radius 3 is 2.52 bits per heavy atom. The van der Waals surface area contributed by atoms with Crippen molar-refractivity contribution in [1.29, 1.82) is 0 Å². The number of aromatic nitrogens is 3. The van der Waals surface area contributed by atoms with Gasteiger partial charge in [-0.05, 0) is 36.8 Å². The molecule has 2 aromatic carbocycles. The van der Waals surface area contributed by atoms with Gasteiger partial charge >= 0.3 is 5.97 Å². The summed E-state index contributed by atoms with van der Waals surface area (Å²) in [4.78, 5) is 28.7. The number of anilines is 1. The molecule has 27 heavy (non-hydrogen) atoms. The van der Waals surface area contributed by atoms with E-state index < -0.39 is 11.2 Å². The van der Waals surface area contributed by atoms with E-state index in [1.54, 1.807) is 31.2 Å². The second-order valence-corrected chi connectivity index (χ2v) is 6.58. The van der Waals surface area contributed by atoms with Crippen LogP contribution >= 0.6 is 11.8 Å². The Morgan fingerprint density at radius 2 is 1.89 bits per heavy atom. The zero-order chi connectivity index (χ0) is 19.1. The van der Waals surface area contributed by atoms with Crippen LogP contribution in [0.4, 0.5) is 5.69 Å². The van der Waals surface area contributed by atoms with Gasteiger partial charge in [-0.1, -0.05) is 42.1 Å². The molecule has 3 aromatic rings. The molecule has 0 saturated carbocycles. The van der Waals surface area contributed by atoms with Crippen molar-refractivity contribution in [3.8, 4) is 0 Å². The van der Waals surface area contributed by atoms with Crippen molar-refractivity contribution >= 4 is 29.3 Å². The van der Waals surface area contributed by atoms with E-state index >= 15 is 0 Å². The fourth-order valence-corrected chi connectivity index (χ4v) is 3.27. The van der Waals surface area contributed by atoms with Crippen molar-refractivity contribution in [2.75, 3.05) is 11.9 Å². The lowest BCUT2D eigenvalue weighted by Gasteiger charge is -2.16. The Hall–Kier alpha value is -3.13. The van der Waals surface area contributed by atoms with Crippen LogP contribution < -0.4 is 5.32 Å². The smallest absolute Gasteiger partial charge is 0.338 e. The minimum Gasteiger partial charge on any atom is -0.462 e. The summed E-state index contributed by atoms with van der Waals surface area (Å²) < 4.78 is 4.96. The fourth-order valence-electron chi connectivity index (χ4n) is 2.38. The summed E-state index contributed by atoms with van der Waals surface area (Å²) in [5.74, 6) is -0.593. The van der Waals surface area contributed by atoms with Crippen LogP contribution in [0.2, 0.25) is 0 Å². The van der Waals surface area contributed by atoms with Gasteiger partial charge in [0.1, 0.15) is 11.6 Å². The Morgan fingerprint density at radius 1 is 1.15 bits per heavy atom. The lowest BCUT2D eigenvalue weighted by molar-refractivity contribution is -0.115. The molecular weight excluding hydrogens is 364 g/mol. The predicted molar refractivity (Wildman–Crippen MR) is 102 cm³/mol. The third-order valence-electron chi connectivity index (χ3n) is 3.63. The number of nitrogens with zero attached hydrogens (tertiary/aromatic N) is 2. The summed E-state index contributed by atoms with van der Waals surface area (Å²) in [6.45, 7) is 2.07. The second kappa shape index (κ2) is 9.00. The number of benzene rings is 2. The van der Waals surface area contributed by atoms with Crippen LogP contribution in [-0.2, 0) is 9.53 Å². The molecule has 0 bridgehead atoms.